The minimum atomic E-state index is -4.79. The fraction of sp³-hybridized carbons (Fsp3) is 0.360. The van der Waals surface area contributed by atoms with Crippen LogP contribution in [0.4, 0.5) is 30.7 Å². The highest BCUT2D eigenvalue weighted by Gasteiger charge is 2.48. The van der Waals surface area contributed by atoms with Crippen molar-refractivity contribution >= 4 is 15.8 Å². The maximum absolute atomic E-state index is 14.7. The molecule has 0 N–H and O–H groups in total. The summed E-state index contributed by atoms with van der Waals surface area (Å²) in [5, 5.41) is 0. The molecule has 0 aliphatic carbocycles. The Hall–Kier alpha value is -3.66. The van der Waals surface area contributed by atoms with Crippen LogP contribution in [0.25, 0.3) is 11.3 Å². The first-order valence-corrected chi connectivity index (χ1v) is 13.4. The lowest BCUT2D eigenvalue weighted by Crippen LogP contribution is -2.44. The van der Waals surface area contributed by atoms with Gasteiger partial charge in [0.05, 0.1) is 28.9 Å². The van der Waals surface area contributed by atoms with E-state index in [-0.39, 0.29) is 28.1 Å². The molecule has 1 aliphatic rings. The lowest BCUT2D eigenvalue weighted by molar-refractivity contribution is -0.145. The fourth-order valence-electron chi connectivity index (χ4n) is 4.42. The minimum absolute atomic E-state index is 0.000617. The predicted octanol–water partition coefficient (Wildman–Crippen LogP) is 4.99. The molecule has 1 fully saturated rings. The Morgan fingerprint density at radius 1 is 1.10 bits per heavy atom. The average Bonchev–Trinajstić information content (AvgIpc) is 3.22. The van der Waals surface area contributed by atoms with Crippen LogP contribution in [-0.2, 0) is 27.4 Å². The van der Waals surface area contributed by atoms with Crippen LogP contribution >= 0.6 is 0 Å². The molecule has 8 nitrogen and oxygen atoms in total. The number of benzene rings is 1. The van der Waals surface area contributed by atoms with Crippen molar-refractivity contribution < 1.29 is 48.7 Å². The summed E-state index contributed by atoms with van der Waals surface area (Å²) < 4.78 is 124. The third kappa shape index (κ3) is 6.64. The molecule has 0 saturated carbocycles. The molecule has 1 aromatic carbocycles. The highest BCUT2D eigenvalue weighted by molar-refractivity contribution is 7.89. The van der Waals surface area contributed by atoms with Crippen LogP contribution in [0.3, 0.4) is 0 Å². The van der Waals surface area contributed by atoms with Crippen molar-refractivity contribution in [3.05, 3.63) is 66.1 Å². The molecule has 3 aromatic rings. The lowest BCUT2D eigenvalue weighted by atomic mass is 10.0. The second kappa shape index (κ2) is 11.7. The molecule has 0 unspecified atom stereocenters. The normalized spacial score (nSPS) is 20.0. The number of carbonyl (C=O) groups is 1. The van der Waals surface area contributed by atoms with E-state index in [1.165, 1.54) is 13.0 Å². The molecule has 2 aromatic heterocycles. The van der Waals surface area contributed by atoms with Gasteiger partial charge in [0, 0.05) is 30.8 Å². The highest BCUT2D eigenvalue weighted by atomic mass is 32.2. The van der Waals surface area contributed by atoms with E-state index in [0.29, 0.717) is 0 Å². The number of aryl methyl sites for hydroxylation is 1. The number of pyridine rings is 1. The molecule has 0 bridgehead atoms. The zero-order valence-corrected chi connectivity index (χ0v) is 21.8. The van der Waals surface area contributed by atoms with Crippen molar-refractivity contribution in [2.24, 2.45) is 0 Å². The van der Waals surface area contributed by atoms with Gasteiger partial charge in [-0.05, 0) is 49.2 Å². The van der Waals surface area contributed by atoms with Crippen molar-refractivity contribution in [1.29, 1.82) is 0 Å². The maximum atomic E-state index is 14.7. The van der Waals surface area contributed by atoms with E-state index in [2.05, 4.69) is 19.7 Å². The summed E-state index contributed by atoms with van der Waals surface area (Å²) in [6.07, 6.45) is -5.10. The Balaban J connectivity index is 1.59. The Kier molecular flexibility index (Phi) is 8.63. The molecule has 1 saturated heterocycles. The number of ketones is 1. The molecule has 16 heteroatoms. The van der Waals surface area contributed by atoms with Crippen molar-refractivity contribution in [3.8, 4) is 17.0 Å². The number of hydrogen-bond donors (Lipinski definition) is 0. The van der Waals surface area contributed by atoms with Crippen LogP contribution in [0.5, 0.6) is 5.75 Å². The molecule has 3 heterocycles. The molecule has 220 valence electrons. The Bertz CT molecular complexity index is 1500. The van der Waals surface area contributed by atoms with Crippen molar-refractivity contribution in [3.63, 3.8) is 0 Å². The molecule has 0 spiro atoms. The number of alkyl halides is 6. The summed E-state index contributed by atoms with van der Waals surface area (Å²) in [7, 11) is -4.42. The second-order valence-corrected chi connectivity index (χ2v) is 11.0. The van der Waals surface area contributed by atoms with Gasteiger partial charge in [-0.3, -0.25) is 9.78 Å². The van der Waals surface area contributed by atoms with Gasteiger partial charge < -0.3 is 4.74 Å². The first kappa shape index (κ1) is 30.3. The predicted molar refractivity (Wildman–Crippen MR) is 128 cm³/mol. The quantitative estimate of drug-likeness (QED) is 0.317. The van der Waals surface area contributed by atoms with E-state index >= 15 is 0 Å². The lowest BCUT2D eigenvalue weighted by Gasteiger charge is -2.27. The summed E-state index contributed by atoms with van der Waals surface area (Å²) in [4.78, 5) is 23.2. The summed E-state index contributed by atoms with van der Waals surface area (Å²) in [6.45, 7) is -1.99. The maximum Gasteiger partial charge on any atom is 0.451 e. The Labute approximate surface area is 229 Å². The molecule has 0 amide bonds. The molecule has 3 atom stereocenters. The van der Waals surface area contributed by atoms with E-state index < -0.39 is 77.1 Å². The van der Waals surface area contributed by atoms with Crippen LogP contribution in [0.1, 0.15) is 31.2 Å². The van der Waals surface area contributed by atoms with E-state index in [1.807, 2.05) is 0 Å². The molecular formula is C25H21F7N4O4S. The summed E-state index contributed by atoms with van der Waals surface area (Å²) >= 11 is 0. The number of carbonyl (C=O) groups excluding carboxylic acids is 1. The van der Waals surface area contributed by atoms with E-state index in [0.717, 1.165) is 47.2 Å². The highest BCUT2D eigenvalue weighted by Crippen LogP contribution is 2.35. The number of sulfonamides is 1. The van der Waals surface area contributed by atoms with E-state index in [9.17, 15) is 43.9 Å². The second-order valence-electron chi connectivity index (χ2n) is 9.11. The third-order valence-electron chi connectivity index (χ3n) is 6.45. The van der Waals surface area contributed by atoms with Crippen molar-refractivity contribution in [1.82, 2.24) is 19.3 Å². The van der Waals surface area contributed by atoms with Crippen LogP contribution in [0.2, 0.25) is 0 Å². The molecular weight excluding hydrogens is 585 g/mol. The van der Waals surface area contributed by atoms with Gasteiger partial charge in [-0.2, -0.15) is 26.3 Å². The van der Waals surface area contributed by atoms with E-state index in [4.69, 9.17) is 0 Å². The van der Waals surface area contributed by atoms with Gasteiger partial charge in [-0.1, -0.05) is 0 Å². The number of aromatic nitrogens is 3. The van der Waals surface area contributed by atoms with Crippen molar-refractivity contribution in [2.45, 2.75) is 62.1 Å². The Morgan fingerprint density at radius 2 is 1.73 bits per heavy atom. The molecule has 0 radical (unpaired) electrons. The minimum Gasteiger partial charge on any atom is -0.433 e. The van der Waals surface area contributed by atoms with Gasteiger partial charge in [0.25, 0.3) is 0 Å². The van der Waals surface area contributed by atoms with Gasteiger partial charge in [-0.25, -0.2) is 27.2 Å². The number of hydrogen-bond acceptors (Lipinski definition) is 7. The first-order chi connectivity index (χ1) is 19.2. The van der Waals surface area contributed by atoms with Crippen LogP contribution in [0, 0.1) is 5.82 Å². The largest absolute Gasteiger partial charge is 0.451 e. The van der Waals surface area contributed by atoms with Gasteiger partial charge in [0.15, 0.2) is 5.78 Å². The van der Waals surface area contributed by atoms with Gasteiger partial charge in [-0.15, -0.1) is 0 Å². The summed E-state index contributed by atoms with van der Waals surface area (Å²) in [5.41, 5.74) is -0.00317. The number of halogens is 7. The summed E-state index contributed by atoms with van der Waals surface area (Å²) in [6, 6.07) is 2.33. The zero-order valence-electron chi connectivity index (χ0n) is 21.0. The van der Waals surface area contributed by atoms with Crippen molar-refractivity contribution in [2.75, 3.05) is 0 Å². The zero-order chi connectivity index (χ0) is 30.1. The Morgan fingerprint density at radius 3 is 2.32 bits per heavy atom. The number of nitrogens with zero attached hydrogens (tertiary/aromatic N) is 4. The number of Topliss-reactive ketones (excluding diaryl/α,β-unsaturated/α-hetero) is 1. The smallest absolute Gasteiger partial charge is 0.433 e. The topological polar surface area (TPSA) is 102 Å². The molecule has 41 heavy (non-hydrogen) atoms. The van der Waals surface area contributed by atoms with E-state index in [1.54, 1.807) is 0 Å². The fourth-order valence-corrected chi connectivity index (χ4v) is 6.25. The summed E-state index contributed by atoms with van der Waals surface area (Å²) in [5.74, 6) is -3.25. The van der Waals surface area contributed by atoms with Gasteiger partial charge in [0.2, 0.25) is 15.8 Å². The molecule has 4 rings (SSSR count). The number of rotatable bonds is 9. The van der Waals surface area contributed by atoms with Gasteiger partial charge in [0.1, 0.15) is 17.7 Å². The van der Waals surface area contributed by atoms with Crippen LogP contribution < -0.4 is 4.74 Å². The van der Waals surface area contributed by atoms with Crippen LogP contribution in [-0.4, -0.2) is 58.3 Å². The first-order valence-electron chi connectivity index (χ1n) is 12.0. The van der Waals surface area contributed by atoms with Gasteiger partial charge >= 0.3 is 12.8 Å². The molecule has 1 aliphatic heterocycles. The monoisotopic (exact) mass is 606 g/mol. The SMILES string of the molecule is C[C@H]1[C@H](F)C[C@@H](C(=O)CCc2cc(-c3cnc(C(F)(F)F)nc3)ncc2OC(F)F)N1S(=O)(=O)c1ccc(F)cc1. The average molecular weight is 607 g/mol. The number of ether oxygens (including phenoxy) is 1. The third-order valence-corrected chi connectivity index (χ3v) is 8.46. The van der Waals surface area contributed by atoms with Crippen LogP contribution in [0.15, 0.2) is 53.8 Å². The standard InChI is InChI=1S/C25H21F7N4O4S/c1-13-18(27)9-20(36(13)41(38,39)17-5-3-16(26)4-6-17)21(37)7-2-14-8-19(33-12-22(14)40-24(28)29)15-10-34-23(35-11-15)25(30,31)32/h3-6,8,10-13,18,20,24H,2,7,9H2,1H3/t13-,18+,20-/m0/s1.